The van der Waals surface area contributed by atoms with Crippen molar-refractivity contribution < 1.29 is 27.8 Å². The van der Waals surface area contributed by atoms with Gasteiger partial charge in [0.05, 0.1) is 0 Å². The van der Waals surface area contributed by atoms with E-state index in [1.165, 1.54) is 0 Å². The molecule has 1 rings (SSSR count). The van der Waals surface area contributed by atoms with E-state index in [2.05, 4.69) is 15.0 Å². The van der Waals surface area contributed by atoms with Crippen LogP contribution in [0.25, 0.3) is 0 Å². The van der Waals surface area contributed by atoms with E-state index in [-0.39, 0.29) is 95.6 Å². The van der Waals surface area contributed by atoms with Gasteiger partial charge >= 0.3 is 77.0 Å². The van der Waals surface area contributed by atoms with Crippen LogP contribution in [0.1, 0.15) is 8.56 Å². The van der Waals surface area contributed by atoms with Crippen molar-refractivity contribution in [2.24, 2.45) is 0 Å². The Hall–Kier alpha value is 0.819. The maximum absolute atomic E-state index is 8.88. The van der Waals surface area contributed by atoms with Crippen LogP contribution in [0.3, 0.4) is 0 Å². The van der Waals surface area contributed by atoms with Gasteiger partial charge in [0.1, 0.15) is 0 Å². The molecule has 0 atom stereocenters. The van der Waals surface area contributed by atoms with E-state index in [0.717, 1.165) is 0 Å². The molecule has 1 aromatic heterocycles. The van der Waals surface area contributed by atoms with Crippen LogP contribution in [-0.2, 0) is 4.57 Å². The Morgan fingerprint density at radius 2 is 0.941 bits per heavy atom. The molecule has 1 heterocycles. The minimum atomic E-state index is -4.64. The Kier molecular flexibility index (Phi) is 18.5. The minimum Gasteiger partial charge on any atom is -1.00 e. The van der Waals surface area contributed by atoms with Crippen molar-refractivity contribution >= 4 is 94.8 Å². The van der Waals surface area contributed by atoms with Crippen LogP contribution >= 0.6 is 7.82 Å². The zero-order valence-electron chi connectivity index (χ0n) is 14.9. The average Bonchev–Trinajstić information content (AvgIpc) is 1.77. The predicted molar refractivity (Wildman–Crippen MR) is 71.3 cm³/mol. The van der Waals surface area contributed by atoms with Gasteiger partial charge < -0.3 is 40.4 Å². The van der Waals surface area contributed by atoms with Gasteiger partial charge in [-0.2, -0.15) is 15.0 Å². The van der Waals surface area contributed by atoms with Crippen molar-refractivity contribution in [3.8, 4) is 0 Å². The SMILES string of the molecule is Nc1nc(N)nc(N)n1.O=P(O)(O)O.[H-].[H-].[H-].[H-].[H-].[H-].[Mg+2].[Mg+2].[Mg+2]. The summed E-state index contributed by atoms with van der Waals surface area (Å²) in [5.41, 5.74) is 15.4. The van der Waals surface area contributed by atoms with Crippen LogP contribution < -0.4 is 17.2 Å². The molecule has 10 nitrogen and oxygen atoms in total. The van der Waals surface area contributed by atoms with Crippen molar-refractivity contribution in [1.82, 2.24) is 15.0 Å². The van der Waals surface area contributed by atoms with Gasteiger partial charge in [0.15, 0.2) is 0 Å². The van der Waals surface area contributed by atoms with Gasteiger partial charge in [-0.25, -0.2) is 4.57 Å². The number of hydrogen-bond donors (Lipinski definition) is 6. The third kappa shape index (κ3) is 22.5. The molecule has 0 aliphatic carbocycles. The number of phosphoric acid groups is 1. The quantitative estimate of drug-likeness (QED) is 0.215. The first-order valence-electron chi connectivity index (χ1n) is 2.99. The van der Waals surface area contributed by atoms with Gasteiger partial charge in [0, 0.05) is 0 Å². The summed E-state index contributed by atoms with van der Waals surface area (Å²) >= 11 is 0. The van der Waals surface area contributed by atoms with Crippen LogP contribution in [-0.4, -0.2) is 98.8 Å². The van der Waals surface area contributed by atoms with Crippen molar-refractivity contribution in [1.29, 1.82) is 0 Å². The van der Waals surface area contributed by atoms with Gasteiger partial charge in [-0.3, -0.25) is 0 Å². The summed E-state index contributed by atoms with van der Waals surface area (Å²) in [7, 11) is -4.64. The van der Waals surface area contributed by atoms with E-state index in [0.29, 0.717) is 0 Å². The third-order valence-electron chi connectivity index (χ3n) is 0.687. The first kappa shape index (κ1) is 26.4. The smallest absolute Gasteiger partial charge is 1.00 e. The zero-order valence-corrected chi connectivity index (χ0v) is 14.0. The second kappa shape index (κ2) is 11.9. The number of hydrogen-bond acceptors (Lipinski definition) is 7. The molecule has 0 saturated carbocycles. The summed E-state index contributed by atoms with van der Waals surface area (Å²) in [5, 5.41) is 0. The predicted octanol–water partition coefficient (Wildman–Crippen LogP) is -2.78. The molecule has 0 spiro atoms. The van der Waals surface area contributed by atoms with E-state index >= 15 is 0 Å². The molecule has 0 aliphatic heterocycles. The molecule has 0 saturated heterocycles. The van der Waals surface area contributed by atoms with Crippen LogP contribution in [0.15, 0.2) is 0 Å². The average molecular weight is 303 g/mol. The number of nitrogens with two attached hydrogens (primary N) is 3. The molecule has 0 fully saturated rings. The van der Waals surface area contributed by atoms with Crippen molar-refractivity contribution in [3.63, 3.8) is 0 Å². The van der Waals surface area contributed by atoms with Crippen molar-refractivity contribution in [3.05, 3.63) is 0 Å². The number of nitrogens with zero attached hydrogens (tertiary/aromatic N) is 3. The van der Waals surface area contributed by atoms with E-state index < -0.39 is 7.82 Å². The Morgan fingerprint density at radius 1 is 0.824 bits per heavy atom. The molecule has 0 amide bonds. The maximum Gasteiger partial charge on any atom is 2.00 e. The number of anilines is 3. The fraction of sp³-hybridized carbons (Fsp3) is 0. The Balaban J connectivity index is -0.0000000141. The first-order chi connectivity index (χ1) is 6.18. The van der Waals surface area contributed by atoms with E-state index in [9.17, 15) is 0 Å². The van der Waals surface area contributed by atoms with Crippen LogP contribution in [0.2, 0.25) is 0 Å². The summed E-state index contributed by atoms with van der Waals surface area (Å²) in [4.78, 5) is 32.0. The maximum atomic E-state index is 8.88. The standard InChI is InChI=1S/C3H6N6.3Mg.H3O4P.6H/c4-1-7-2(5)9-3(6)8-1;;;;1-5(2,3)4;;;;;;/h(H6,4,5,6,7,8,9);;;;(H3,1,2,3,4);;;;;;/q;3*+2;;6*-1. The van der Waals surface area contributed by atoms with E-state index in [1.807, 2.05) is 0 Å². The molecule has 0 bridgehead atoms. The Morgan fingerprint density at radius 3 is 1.06 bits per heavy atom. The van der Waals surface area contributed by atoms with Crippen LogP contribution in [0.5, 0.6) is 0 Å². The summed E-state index contributed by atoms with van der Waals surface area (Å²) in [5.74, 6) is 0.125. The van der Waals surface area contributed by atoms with Gasteiger partial charge in [-0.1, -0.05) is 0 Å². The molecule has 17 heavy (non-hydrogen) atoms. The van der Waals surface area contributed by atoms with Gasteiger partial charge in [0.2, 0.25) is 17.8 Å². The van der Waals surface area contributed by atoms with Gasteiger partial charge in [-0.05, 0) is 0 Å². The van der Waals surface area contributed by atoms with Crippen LogP contribution in [0.4, 0.5) is 17.8 Å². The minimum absolute atomic E-state index is 0. The summed E-state index contributed by atoms with van der Waals surface area (Å²) < 4.78 is 8.88. The van der Waals surface area contributed by atoms with E-state index in [4.69, 9.17) is 36.4 Å². The fourth-order valence-corrected chi connectivity index (χ4v) is 0.427. The number of aromatic nitrogens is 3. The molecule has 9 N–H and O–H groups in total. The first-order valence-corrected chi connectivity index (χ1v) is 4.56. The Labute approximate surface area is 154 Å². The fourth-order valence-electron chi connectivity index (χ4n) is 0.427. The molecule has 92 valence electrons. The zero-order chi connectivity index (χ0) is 11.4. The largest absolute Gasteiger partial charge is 2.00 e. The second-order valence-electron chi connectivity index (χ2n) is 1.92. The summed E-state index contributed by atoms with van der Waals surface area (Å²) in [6, 6.07) is 0. The van der Waals surface area contributed by atoms with Gasteiger partial charge in [0.25, 0.3) is 0 Å². The van der Waals surface area contributed by atoms with Crippen molar-refractivity contribution in [2.75, 3.05) is 17.2 Å². The molecule has 0 aromatic carbocycles. The molecule has 0 aliphatic rings. The molecule has 0 radical (unpaired) electrons. The molecule has 0 unspecified atom stereocenters. The summed E-state index contributed by atoms with van der Waals surface area (Å²) in [6.45, 7) is 0. The molecular weight excluding hydrogens is 288 g/mol. The topological polar surface area (TPSA) is 194 Å². The second-order valence-corrected chi connectivity index (χ2v) is 2.95. The molecule has 14 heteroatoms. The van der Waals surface area contributed by atoms with Crippen molar-refractivity contribution in [2.45, 2.75) is 0 Å². The monoisotopic (exact) mass is 302 g/mol. The summed E-state index contributed by atoms with van der Waals surface area (Å²) in [6.07, 6.45) is 0. The third-order valence-corrected chi connectivity index (χ3v) is 0.687. The number of nitrogen functional groups attached to an aromatic ring is 3. The molecule has 1 aromatic rings. The normalized spacial score (nSPS) is 8.41. The molecular formula is C3H15Mg3N6O4P. The number of rotatable bonds is 0. The van der Waals surface area contributed by atoms with Crippen LogP contribution in [0, 0.1) is 0 Å². The van der Waals surface area contributed by atoms with Gasteiger partial charge in [-0.15, -0.1) is 0 Å². The van der Waals surface area contributed by atoms with E-state index in [1.54, 1.807) is 0 Å². The Bertz CT molecular complexity index is 323.